The highest BCUT2D eigenvalue weighted by atomic mass is 35.5. The van der Waals surface area contributed by atoms with Crippen molar-refractivity contribution >= 4 is 39.0 Å². The van der Waals surface area contributed by atoms with Gasteiger partial charge in [-0.05, 0) is 42.3 Å². The molecule has 1 fully saturated rings. The van der Waals surface area contributed by atoms with Crippen molar-refractivity contribution in [1.82, 2.24) is 14.5 Å². The lowest BCUT2D eigenvalue weighted by Crippen LogP contribution is -2.49. The molecule has 2 aromatic carbocycles. The molecule has 0 unspecified atom stereocenters. The van der Waals surface area contributed by atoms with Crippen LogP contribution in [0.3, 0.4) is 0 Å². The highest BCUT2D eigenvalue weighted by Gasteiger charge is 2.30. The van der Waals surface area contributed by atoms with Crippen molar-refractivity contribution in [1.29, 1.82) is 0 Å². The fourth-order valence-corrected chi connectivity index (χ4v) is 5.69. The number of rotatable bonds is 5. The van der Waals surface area contributed by atoms with E-state index in [0.29, 0.717) is 31.2 Å². The minimum absolute atomic E-state index is 0.0355. The van der Waals surface area contributed by atoms with E-state index in [-0.39, 0.29) is 9.92 Å². The van der Waals surface area contributed by atoms with Crippen LogP contribution in [0, 0.1) is 0 Å². The van der Waals surface area contributed by atoms with Gasteiger partial charge in [-0.2, -0.15) is 4.31 Å². The average Bonchev–Trinajstić information content (AvgIpc) is 2.81. The maximum absolute atomic E-state index is 13.0. The zero-order valence-corrected chi connectivity index (χ0v) is 19.3. The molecular weight excluding hydrogens is 455 g/mol. The Hall–Kier alpha value is -2.19. The first-order valence-electron chi connectivity index (χ1n) is 10.0. The third kappa shape index (κ3) is 4.70. The van der Waals surface area contributed by atoms with Crippen LogP contribution in [-0.4, -0.2) is 49.1 Å². The quantitative estimate of drug-likeness (QED) is 0.541. The topological polar surface area (TPSA) is 66.4 Å². The van der Waals surface area contributed by atoms with Crippen LogP contribution in [0.4, 0.5) is 5.82 Å². The van der Waals surface area contributed by atoms with Gasteiger partial charge in [-0.15, -0.1) is 10.2 Å². The monoisotopic (exact) mass is 476 g/mol. The molecule has 1 aliphatic heterocycles. The number of benzene rings is 2. The van der Waals surface area contributed by atoms with E-state index in [1.807, 2.05) is 29.2 Å². The van der Waals surface area contributed by atoms with E-state index < -0.39 is 10.0 Å². The smallest absolute Gasteiger partial charge is 0.244 e. The van der Waals surface area contributed by atoms with Crippen LogP contribution < -0.4 is 4.90 Å². The Kier molecular flexibility index (Phi) is 6.48. The molecule has 2 heterocycles. The van der Waals surface area contributed by atoms with Crippen LogP contribution in [0.25, 0.3) is 11.3 Å². The second kappa shape index (κ2) is 9.12. The zero-order chi connectivity index (χ0) is 22.0. The van der Waals surface area contributed by atoms with Gasteiger partial charge in [-0.25, -0.2) is 8.42 Å². The molecule has 6 nitrogen and oxygen atoms in total. The summed E-state index contributed by atoms with van der Waals surface area (Å²) in [5.41, 5.74) is 3.11. The molecule has 3 aromatic rings. The highest BCUT2D eigenvalue weighted by Crippen LogP contribution is 2.29. The van der Waals surface area contributed by atoms with E-state index in [2.05, 4.69) is 29.3 Å². The Balaban J connectivity index is 1.44. The number of aryl methyl sites for hydroxylation is 1. The summed E-state index contributed by atoms with van der Waals surface area (Å²) in [6.07, 6.45) is 0.996. The molecule has 31 heavy (non-hydrogen) atoms. The van der Waals surface area contributed by atoms with Crippen molar-refractivity contribution in [2.24, 2.45) is 0 Å². The third-order valence-electron chi connectivity index (χ3n) is 5.38. The van der Waals surface area contributed by atoms with Gasteiger partial charge in [0, 0.05) is 36.8 Å². The lowest BCUT2D eigenvalue weighted by molar-refractivity contribution is 0.383. The number of sulfonamides is 1. The van der Waals surface area contributed by atoms with E-state index in [0.717, 1.165) is 23.5 Å². The van der Waals surface area contributed by atoms with E-state index in [1.54, 1.807) is 6.07 Å². The van der Waals surface area contributed by atoms with Gasteiger partial charge in [0.05, 0.1) is 10.7 Å². The van der Waals surface area contributed by atoms with Crippen LogP contribution in [0.5, 0.6) is 0 Å². The summed E-state index contributed by atoms with van der Waals surface area (Å²) in [6.45, 7) is 3.80. The molecule has 0 bridgehead atoms. The second-order valence-corrected chi connectivity index (χ2v) is 10.0. The summed E-state index contributed by atoms with van der Waals surface area (Å²) in [7, 11) is -3.72. The molecule has 1 aromatic heterocycles. The third-order valence-corrected chi connectivity index (χ3v) is 8.00. The van der Waals surface area contributed by atoms with E-state index in [4.69, 9.17) is 23.2 Å². The SMILES string of the molecule is CCc1ccc(-c2ccc(N3CCN(S(=O)(=O)c4cc(Cl)ccc4Cl)CC3)nn2)cc1. The number of aromatic nitrogens is 2. The van der Waals surface area contributed by atoms with Gasteiger partial charge in [0.25, 0.3) is 0 Å². The molecule has 4 rings (SSSR count). The molecule has 9 heteroatoms. The predicted molar refractivity (Wildman–Crippen MR) is 124 cm³/mol. The van der Waals surface area contributed by atoms with Crippen molar-refractivity contribution < 1.29 is 8.42 Å². The van der Waals surface area contributed by atoms with Gasteiger partial charge in [-0.3, -0.25) is 0 Å². The molecule has 162 valence electrons. The van der Waals surface area contributed by atoms with Gasteiger partial charge in [0.15, 0.2) is 5.82 Å². The van der Waals surface area contributed by atoms with Crippen LogP contribution >= 0.6 is 23.2 Å². The number of halogens is 2. The van der Waals surface area contributed by atoms with Crippen molar-refractivity contribution in [2.45, 2.75) is 18.2 Å². The first kappa shape index (κ1) is 22.0. The van der Waals surface area contributed by atoms with Crippen LogP contribution in [0.2, 0.25) is 10.0 Å². The zero-order valence-electron chi connectivity index (χ0n) is 17.0. The molecule has 1 aliphatic rings. The maximum Gasteiger partial charge on any atom is 0.244 e. The lowest BCUT2D eigenvalue weighted by atomic mass is 10.1. The van der Waals surface area contributed by atoms with E-state index in [9.17, 15) is 8.42 Å². The van der Waals surface area contributed by atoms with Crippen LogP contribution in [-0.2, 0) is 16.4 Å². The minimum atomic E-state index is -3.72. The molecule has 1 saturated heterocycles. The Labute approximate surface area is 192 Å². The van der Waals surface area contributed by atoms with Crippen LogP contribution in [0.1, 0.15) is 12.5 Å². The fourth-order valence-electron chi connectivity index (χ4n) is 3.53. The summed E-state index contributed by atoms with van der Waals surface area (Å²) in [5.74, 6) is 0.728. The normalized spacial score (nSPS) is 15.3. The lowest BCUT2D eigenvalue weighted by Gasteiger charge is -2.34. The standard InChI is InChI=1S/C22H22Cl2N4O2S/c1-2-16-3-5-17(6-4-16)20-9-10-22(26-25-20)27-11-13-28(14-12-27)31(29,30)21-15-18(23)7-8-19(21)24/h3-10,15H,2,11-14H2,1H3. The van der Waals surface area contributed by atoms with E-state index in [1.165, 1.54) is 22.0 Å². The molecule has 0 aliphatic carbocycles. The molecule has 0 saturated carbocycles. The highest BCUT2D eigenvalue weighted by molar-refractivity contribution is 7.89. The van der Waals surface area contributed by atoms with Gasteiger partial charge in [-0.1, -0.05) is 54.4 Å². The number of piperazine rings is 1. The van der Waals surface area contributed by atoms with Crippen molar-refractivity contribution in [3.8, 4) is 11.3 Å². The molecule has 0 N–H and O–H groups in total. The second-order valence-electron chi connectivity index (χ2n) is 7.29. The number of anilines is 1. The number of hydrogen-bond donors (Lipinski definition) is 0. The van der Waals surface area contributed by atoms with Crippen molar-refractivity contribution in [2.75, 3.05) is 31.1 Å². The molecular formula is C22H22Cl2N4O2S. The Morgan fingerprint density at radius 3 is 2.23 bits per heavy atom. The first-order chi connectivity index (χ1) is 14.9. The predicted octanol–water partition coefficient (Wildman–Crippen LogP) is 4.52. The molecule has 0 spiro atoms. The van der Waals surface area contributed by atoms with Gasteiger partial charge in [0.1, 0.15) is 4.90 Å². The largest absolute Gasteiger partial charge is 0.352 e. The number of nitrogens with zero attached hydrogens (tertiary/aromatic N) is 4. The summed E-state index contributed by atoms with van der Waals surface area (Å²) in [6, 6.07) is 16.6. The van der Waals surface area contributed by atoms with Gasteiger partial charge in [0.2, 0.25) is 10.0 Å². The van der Waals surface area contributed by atoms with Gasteiger partial charge < -0.3 is 4.90 Å². The Morgan fingerprint density at radius 2 is 1.61 bits per heavy atom. The Morgan fingerprint density at radius 1 is 0.903 bits per heavy atom. The summed E-state index contributed by atoms with van der Waals surface area (Å²) in [5, 5.41) is 9.22. The molecule has 0 amide bonds. The first-order valence-corrected chi connectivity index (χ1v) is 12.2. The fraction of sp³-hybridized carbons (Fsp3) is 0.273. The molecule has 0 atom stereocenters. The maximum atomic E-state index is 13.0. The average molecular weight is 477 g/mol. The number of hydrogen-bond acceptors (Lipinski definition) is 5. The van der Waals surface area contributed by atoms with Crippen molar-refractivity contribution in [3.63, 3.8) is 0 Å². The van der Waals surface area contributed by atoms with Crippen molar-refractivity contribution in [3.05, 3.63) is 70.2 Å². The summed E-state index contributed by atoms with van der Waals surface area (Å²) < 4.78 is 27.4. The van der Waals surface area contributed by atoms with E-state index >= 15 is 0 Å². The minimum Gasteiger partial charge on any atom is -0.352 e. The van der Waals surface area contributed by atoms with Crippen LogP contribution in [0.15, 0.2) is 59.5 Å². The Bertz CT molecular complexity index is 1160. The summed E-state index contributed by atoms with van der Waals surface area (Å²) >= 11 is 12.1. The molecule has 0 radical (unpaired) electrons. The van der Waals surface area contributed by atoms with Gasteiger partial charge >= 0.3 is 0 Å². The summed E-state index contributed by atoms with van der Waals surface area (Å²) in [4.78, 5) is 2.07.